The molecule has 296 valence electrons. The normalized spacial score (nSPS) is 5.71. The Kier molecular flexibility index (Phi) is 244. The number of Topliss-reactive ketones (excluding diaryl/α,β-unsaturated/α-hetero) is 1. The van der Waals surface area contributed by atoms with Crippen molar-refractivity contribution in [2.24, 2.45) is 0 Å². The second-order valence-corrected chi connectivity index (χ2v) is 7.15. The van der Waals surface area contributed by atoms with Gasteiger partial charge in [-0.05, 0) is 13.8 Å². The summed E-state index contributed by atoms with van der Waals surface area (Å²) in [5, 5.41) is 0. The molecule has 4 aromatic carbocycles. The van der Waals surface area contributed by atoms with E-state index in [1.165, 1.54) is 39.9 Å². The molecular formula is C45H80At2O2Y2-4. The first-order chi connectivity index (χ1) is 22.0. The molecule has 4 aromatic rings. The van der Waals surface area contributed by atoms with Gasteiger partial charge in [0.2, 0.25) is 0 Å². The predicted molar refractivity (Wildman–Crippen MR) is 226 cm³/mol. The molecule has 2 nitrogen and oxygen atoms in total. The summed E-state index contributed by atoms with van der Waals surface area (Å²) >= 11 is 3.44. The number of ketones is 1. The Balaban J connectivity index is -0.0000000248. The fourth-order valence-corrected chi connectivity index (χ4v) is 1.54. The van der Waals surface area contributed by atoms with Crippen LogP contribution in [0.15, 0.2) is 146 Å². The number of rotatable bonds is 0. The van der Waals surface area contributed by atoms with Gasteiger partial charge in [0, 0.05) is 65.4 Å². The third-order valence-corrected chi connectivity index (χ3v) is 2.67. The van der Waals surface area contributed by atoms with E-state index in [0.717, 1.165) is 0 Å². The molecule has 0 amide bonds. The maximum atomic E-state index is 9.44. The first-order valence-electron chi connectivity index (χ1n) is 15.5. The summed E-state index contributed by atoms with van der Waals surface area (Å²) in [6.45, 7) is 20.9. The van der Waals surface area contributed by atoms with Crippen LogP contribution in [0.25, 0.3) is 0 Å². The molecule has 0 aliphatic carbocycles. The van der Waals surface area contributed by atoms with E-state index in [1.54, 1.807) is 49.4 Å². The zero-order valence-corrected chi connectivity index (χ0v) is 46.6. The average Bonchev–Trinajstić information content (AvgIpc) is 3.13. The Hall–Kier alpha value is 0.194. The number of carbonyl (C=O) groups is 1. The van der Waals surface area contributed by atoms with E-state index in [-0.39, 0.29) is 101 Å². The van der Waals surface area contributed by atoms with Crippen LogP contribution in [0.5, 0.6) is 0 Å². The van der Waals surface area contributed by atoms with Crippen LogP contribution in [0.2, 0.25) is 9.26 Å². The summed E-state index contributed by atoms with van der Waals surface area (Å²) in [6.07, 6.45) is 4.00. The van der Waals surface area contributed by atoms with Crippen molar-refractivity contribution in [3.63, 3.8) is 0 Å². The molecule has 51 heavy (non-hydrogen) atoms. The molecule has 0 N–H and O–H groups in total. The second-order valence-electron chi connectivity index (χ2n) is 7.15. The van der Waals surface area contributed by atoms with E-state index in [0.29, 0.717) is 0 Å². The van der Waals surface area contributed by atoms with Crippen molar-refractivity contribution in [1.29, 1.82) is 0 Å². The zero-order valence-electron chi connectivity index (χ0n) is 35.0. The molecule has 0 spiro atoms. The molecule has 0 saturated carbocycles. The fraction of sp³-hybridized carbons (Fsp3) is 0.356. The second kappa shape index (κ2) is 133. The van der Waals surface area contributed by atoms with Crippen LogP contribution in [0.3, 0.4) is 0 Å². The van der Waals surface area contributed by atoms with Crippen LogP contribution in [-0.4, -0.2) is 12.1 Å². The van der Waals surface area contributed by atoms with Crippen LogP contribution in [0.1, 0.15) is 96.4 Å². The Morgan fingerprint density at radius 3 is 0.451 bits per heavy atom. The molecule has 0 aliphatic rings. The van der Waals surface area contributed by atoms with E-state index < -0.39 is 0 Å². The van der Waals surface area contributed by atoms with E-state index in [1.807, 2.05) is 173 Å². The topological polar surface area (TPSA) is 34.1 Å². The van der Waals surface area contributed by atoms with Crippen LogP contribution in [0.4, 0.5) is 0 Å². The van der Waals surface area contributed by atoms with E-state index in [2.05, 4.69) is 37.0 Å². The van der Waals surface area contributed by atoms with E-state index in [4.69, 9.17) is 4.79 Å². The van der Waals surface area contributed by atoms with Crippen molar-refractivity contribution in [2.75, 3.05) is 0 Å². The third kappa shape index (κ3) is 199. The summed E-state index contributed by atoms with van der Waals surface area (Å²) < 4.78 is 4.11. The van der Waals surface area contributed by atoms with E-state index >= 15 is 0 Å². The molecule has 0 atom stereocenters. The van der Waals surface area contributed by atoms with Crippen molar-refractivity contribution in [3.05, 3.63) is 168 Å². The van der Waals surface area contributed by atoms with Crippen molar-refractivity contribution < 1.29 is 124 Å². The Morgan fingerprint density at radius 2 is 0.431 bits per heavy atom. The number of hydrogen-bond donors (Lipinski definition) is 0. The summed E-state index contributed by atoms with van der Waals surface area (Å²) in [6, 6.07) is 48.0. The molecule has 0 aliphatic heterocycles. The van der Waals surface area contributed by atoms with Gasteiger partial charge in [0.25, 0.3) is 0 Å². The van der Waals surface area contributed by atoms with Crippen LogP contribution < -0.4 is 0 Å². The van der Waals surface area contributed by atoms with Gasteiger partial charge in [0.15, 0.2) is 0 Å². The summed E-state index contributed by atoms with van der Waals surface area (Å²) in [7, 11) is 0. The number of benzene rings is 4. The van der Waals surface area contributed by atoms with Gasteiger partial charge >= 0.3 is 58.7 Å². The fourth-order valence-electron chi connectivity index (χ4n) is 1.54. The molecule has 0 saturated heterocycles. The molecule has 0 unspecified atom stereocenters. The van der Waals surface area contributed by atoms with Crippen molar-refractivity contribution in [2.45, 2.75) is 106 Å². The molecule has 0 aromatic heterocycles. The van der Waals surface area contributed by atoms with Gasteiger partial charge in [-0.15, -0.1) is 0 Å². The van der Waals surface area contributed by atoms with Crippen LogP contribution in [0, 0.1) is 71.7 Å². The maximum Gasteiger partial charge on any atom is 0 e. The molecule has 4 rings (SSSR count). The summed E-state index contributed by atoms with van der Waals surface area (Å²) in [4.78, 5) is 18.1. The minimum Gasteiger partial charge on any atom is -0.542 e. The summed E-state index contributed by atoms with van der Waals surface area (Å²) in [5.74, 6) is 0.167. The standard InChI is InChI=1S/4C6H6.C3H6O.2C3H8.C2H3O.2C2H6.2CH3At.CH4.3CH3.2Y/c4*1-2-4-6-5-3-1;1-3(2)4;2*1-3-2;1-2-3;4*1-2;;;;;;/h4*1-6H;1-2H3;2*3H2,1-2H3;1H3;2*1-2H3;2*1H3;1H4;3*1H3;;/q;;;;;;;-1;;;;;;3*-1;;. The molecule has 0 bridgehead atoms. The van der Waals surface area contributed by atoms with Gasteiger partial charge in [-0.1, -0.05) is 221 Å². The summed E-state index contributed by atoms with van der Waals surface area (Å²) in [5.41, 5.74) is 0. The molecule has 0 heterocycles. The quantitative estimate of drug-likeness (QED) is 0.164. The Morgan fingerprint density at radius 1 is 0.412 bits per heavy atom. The number of hydrogen-bond acceptors (Lipinski definition) is 2. The van der Waals surface area contributed by atoms with Crippen molar-refractivity contribution in [1.82, 2.24) is 0 Å². The van der Waals surface area contributed by atoms with Gasteiger partial charge < -0.3 is 31.9 Å². The van der Waals surface area contributed by atoms with Crippen LogP contribution in [-0.2, 0) is 75.0 Å². The molecule has 2 radical (unpaired) electrons. The average molecular weight is 1250 g/mol. The van der Waals surface area contributed by atoms with Crippen molar-refractivity contribution in [3.8, 4) is 0 Å². The van der Waals surface area contributed by atoms with Gasteiger partial charge in [0.1, 0.15) is 5.78 Å². The Labute approximate surface area is 404 Å². The van der Waals surface area contributed by atoms with Crippen molar-refractivity contribution >= 4 is 12.1 Å². The van der Waals surface area contributed by atoms with Gasteiger partial charge in [-0.25, -0.2) is 0 Å². The SMILES string of the molecule is C.CC.CC.CC(C)=O.CCC.CCC.C[At].C[At].C[C-]=O.[CH3-].[CH3-].[CH3-].[Y].[Y].c1ccccc1.c1ccccc1.c1ccccc1.c1ccccc1. The monoisotopic (exact) mass is 1250 g/mol. The maximum absolute atomic E-state index is 9.44. The smallest absolute Gasteiger partial charge is 0 e. The Bertz CT molecular complexity index is 604. The molecular weight excluding hydrogens is 1170 g/mol. The molecule has 0 fully saturated rings. The predicted octanol–water partition coefficient (Wildman–Crippen LogP) is 15.5. The van der Waals surface area contributed by atoms with E-state index in [9.17, 15) is 4.79 Å². The third-order valence-electron chi connectivity index (χ3n) is 2.67. The zero-order chi connectivity index (χ0) is 36.7. The largest absolute Gasteiger partial charge is 0.542 e. The van der Waals surface area contributed by atoms with Gasteiger partial charge in [0.05, 0.1) is 0 Å². The number of carbonyl (C=O) groups excluding carboxylic acids is 2. The minimum atomic E-state index is 0. The van der Waals surface area contributed by atoms with Gasteiger partial charge in [-0.3, -0.25) is 6.29 Å². The first kappa shape index (κ1) is 93.2. The molecule has 6 heteroatoms. The minimum absolute atomic E-state index is 0. The van der Waals surface area contributed by atoms with Crippen LogP contribution >= 0.6 is 0 Å². The van der Waals surface area contributed by atoms with Gasteiger partial charge in [-0.2, -0.15) is 6.92 Å². The first-order valence-corrected chi connectivity index (χ1v) is 21.4.